The Hall–Kier alpha value is -1.65. The van der Waals surface area contributed by atoms with E-state index in [-0.39, 0.29) is 11.9 Å². The fraction of sp³-hybridized carbons (Fsp3) is 0.267. The number of halogens is 2. The third-order valence-corrected chi connectivity index (χ3v) is 3.47. The molecule has 0 amide bonds. The summed E-state index contributed by atoms with van der Waals surface area (Å²) in [6.07, 6.45) is 2.31. The van der Waals surface area contributed by atoms with E-state index in [2.05, 4.69) is 10.3 Å². The lowest BCUT2D eigenvalue weighted by atomic mass is 9.99. The Morgan fingerprint density at radius 2 is 2.20 bits per heavy atom. The second-order valence-corrected chi connectivity index (χ2v) is 4.94. The quantitative estimate of drug-likeness (QED) is 0.889. The fourth-order valence-corrected chi connectivity index (χ4v) is 2.46. The number of benzene rings is 1. The molecule has 106 valence electrons. The first kappa shape index (κ1) is 14.8. The van der Waals surface area contributed by atoms with E-state index in [0.29, 0.717) is 17.3 Å². The summed E-state index contributed by atoms with van der Waals surface area (Å²) in [5.41, 5.74) is 7.68. The van der Waals surface area contributed by atoms with Gasteiger partial charge >= 0.3 is 0 Å². The van der Waals surface area contributed by atoms with E-state index in [1.165, 1.54) is 12.1 Å². The predicted molar refractivity (Wildman–Crippen MR) is 80.2 cm³/mol. The molecule has 0 spiro atoms. The summed E-state index contributed by atoms with van der Waals surface area (Å²) in [5.74, 6) is 0.170. The number of likely N-dealkylation sites (N-methyl/N-ethyl adjacent to an activating group) is 1. The Bertz CT molecular complexity index is 589. The zero-order chi connectivity index (χ0) is 14.5. The molecule has 5 heteroatoms. The zero-order valence-corrected chi connectivity index (χ0v) is 12.0. The molecule has 1 heterocycles. The maximum Gasteiger partial charge on any atom is 0.126 e. The van der Waals surface area contributed by atoms with Crippen molar-refractivity contribution in [3.05, 3.63) is 58.5 Å². The summed E-state index contributed by atoms with van der Waals surface area (Å²) in [4.78, 5) is 4.08. The minimum absolute atomic E-state index is 0.0281. The van der Waals surface area contributed by atoms with Crippen LogP contribution in [-0.2, 0) is 6.42 Å². The van der Waals surface area contributed by atoms with Gasteiger partial charge in [0, 0.05) is 17.3 Å². The smallest absolute Gasteiger partial charge is 0.126 e. The van der Waals surface area contributed by atoms with Crippen LogP contribution in [0.1, 0.15) is 24.1 Å². The molecule has 2 aromatic rings. The number of aromatic nitrogens is 1. The highest BCUT2D eigenvalue weighted by Crippen LogP contribution is 2.27. The van der Waals surface area contributed by atoms with E-state index in [1.54, 1.807) is 12.3 Å². The lowest BCUT2D eigenvalue weighted by Crippen LogP contribution is -2.23. The topological polar surface area (TPSA) is 50.9 Å². The van der Waals surface area contributed by atoms with E-state index in [1.807, 2.05) is 19.1 Å². The summed E-state index contributed by atoms with van der Waals surface area (Å²) >= 11 is 6.14. The number of nitrogens with two attached hydrogens (primary N) is 1. The van der Waals surface area contributed by atoms with Crippen molar-refractivity contribution >= 4 is 17.4 Å². The van der Waals surface area contributed by atoms with Crippen molar-refractivity contribution in [1.29, 1.82) is 0 Å². The summed E-state index contributed by atoms with van der Waals surface area (Å²) in [6.45, 7) is 2.79. The first-order valence-electron chi connectivity index (χ1n) is 6.49. The molecule has 2 rings (SSSR count). The van der Waals surface area contributed by atoms with Gasteiger partial charge in [-0.05, 0) is 42.3 Å². The molecular formula is C15H17ClFN3. The number of pyridine rings is 1. The highest BCUT2D eigenvalue weighted by Gasteiger charge is 2.16. The maximum absolute atomic E-state index is 13.2. The monoisotopic (exact) mass is 293 g/mol. The molecule has 0 aliphatic rings. The molecule has 0 saturated heterocycles. The predicted octanol–water partition coefficient (Wildman–Crippen LogP) is 3.35. The van der Waals surface area contributed by atoms with Gasteiger partial charge in [-0.2, -0.15) is 0 Å². The Morgan fingerprint density at radius 3 is 2.85 bits per heavy atom. The number of hydrogen-bond donors (Lipinski definition) is 2. The van der Waals surface area contributed by atoms with Gasteiger partial charge in [0.25, 0.3) is 0 Å². The van der Waals surface area contributed by atoms with Crippen LogP contribution in [0.15, 0.2) is 36.5 Å². The average Bonchev–Trinajstić information content (AvgIpc) is 2.41. The van der Waals surface area contributed by atoms with Gasteiger partial charge < -0.3 is 11.1 Å². The third-order valence-electron chi connectivity index (χ3n) is 3.14. The standard InChI is InChI=1S/C15H17ClFN3/c1-2-19-14(8-10-4-3-7-20-15(10)18)12-6-5-11(17)9-13(12)16/h3-7,9,14,19H,2,8H2,1H3,(H2,18,20). The van der Waals surface area contributed by atoms with Crippen LogP contribution in [-0.4, -0.2) is 11.5 Å². The van der Waals surface area contributed by atoms with Crippen molar-refractivity contribution in [2.45, 2.75) is 19.4 Å². The van der Waals surface area contributed by atoms with E-state index in [4.69, 9.17) is 17.3 Å². The summed E-state index contributed by atoms with van der Waals surface area (Å²) in [6, 6.07) is 8.20. The van der Waals surface area contributed by atoms with Gasteiger partial charge in [0.1, 0.15) is 11.6 Å². The van der Waals surface area contributed by atoms with Gasteiger partial charge in [0.05, 0.1) is 0 Å². The van der Waals surface area contributed by atoms with Gasteiger partial charge in [-0.3, -0.25) is 0 Å². The molecule has 20 heavy (non-hydrogen) atoms. The number of anilines is 1. The van der Waals surface area contributed by atoms with E-state index in [0.717, 1.165) is 17.7 Å². The number of nitrogens with zero attached hydrogens (tertiary/aromatic N) is 1. The second-order valence-electron chi connectivity index (χ2n) is 4.53. The van der Waals surface area contributed by atoms with E-state index < -0.39 is 0 Å². The molecular weight excluding hydrogens is 277 g/mol. The Kier molecular flexibility index (Phi) is 4.93. The fourth-order valence-electron chi connectivity index (χ4n) is 2.17. The highest BCUT2D eigenvalue weighted by molar-refractivity contribution is 6.31. The molecule has 1 aromatic carbocycles. The first-order chi connectivity index (χ1) is 9.61. The van der Waals surface area contributed by atoms with Crippen molar-refractivity contribution in [1.82, 2.24) is 10.3 Å². The van der Waals surface area contributed by atoms with Crippen LogP contribution in [0.3, 0.4) is 0 Å². The summed E-state index contributed by atoms with van der Waals surface area (Å²) in [5, 5.41) is 3.76. The van der Waals surface area contributed by atoms with Crippen molar-refractivity contribution in [2.75, 3.05) is 12.3 Å². The molecule has 0 bridgehead atoms. The lowest BCUT2D eigenvalue weighted by molar-refractivity contribution is 0.547. The van der Waals surface area contributed by atoms with Crippen molar-refractivity contribution < 1.29 is 4.39 Å². The minimum atomic E-state index is -0.338. The Labute approximate surface area is 123 Å². The SMILES string of the molecule is CCNC(Cc1cccnc1N)c1ccc(F)cc1Cl. The summed E-state index contributed by atoms with van der Waals surface area (Å²) < 4.78 is 13.2. The van der Waals surface area contributed by atoms with Gasteiger partial charge in [0.15, 0.2) is 0 Å². The van der Waals surface area contributed by atoms with Crippen LogP contribution < -0.4 is 11.1 Å². The minimum Gasteiger partial charge on any atom is -0.383 e. The molecule has 3 N–H and O–H groups in total. The van der Waals surface area contributed by atoms with Gasteiger partial charge in [0.2, 0.25) is 0 Å². The second kappa shape index (κ2) is 6.68. The zero-order valence-electron chi connectivity index (χ0n) is 11.2. The number of nitrogen functional groups attached to an aromatic ring is 1. The van der Waals surface area contributed by atoms with Crippen LogP contribution in [0.2, 0.25) is 5.02 Å². The molecule has 0 radical (unpaired) electrons. The highest BCUT2D eigenvalue weighted by atomic mass is 35.5. The molecule has 1 unspecified atom stereocenters. The van der Waals surface area contributed by atoms with Crippen LogP contribution in [0.25, 0.3) is 0 Å². The average molecular weight is 294 g/mol. The number of rotatable bonds is 5. The molecule has 0 fully saturated rings. The molecule has 3 nitrogen and oxygen atoms in total. The normalized spacial score (nSPS) is 12.3. The van der Waals surface area contributed by atoms with Crippen molar-refractivity contribution in [2.24, 2.45) is 0 Å². The number of nitrogens with one attached hydrogen (secondary N) is 1. The first-order valence-corrected chi connectivity index (χ1v) is 6.87. The van der Waals surface area contributed by atoms with Crippen LogP contribution in [0.5, 0.6) is 0 Å². The molecule has 1 aromatic heterocycles. The van der Waals surface area contributed by atoms with E-state index >= 15 is 0 Å². The summed E-state index contributed by atoms with van der Waals surface area (Å²) in [7, 11) is 0. The third kappa shape index (κ3) is 3.46. The molecule has 0 saturated carbocycles. The van der Waals surface area contributed by atoms with E-state index in [9.17, 15) is 4.39 Å². The number of hydrogen-bond acceptors (Lipinski definition) is 3. The Balaban J connectivity index is 2.29. The largest absolute Gasteiger partial charge is 0.383 e. The van der Waals surface area contributed by atoms with Gasteiger partial charge in [-0.25, -0.2) is 9.37 Å². The van der Waals surface area contributed by atoms with Crippen LogP contribution in [0.4, 0.5) is 10.2 Å². The molecule has 0 aliphatic heterocycles. The van der Waals surface area contributed by atoms with Gasteiger partial charge in [-0.15, -0.1) is 0 Å². The Morgan fingerprint density at radius 1 is 1.40 bits per heavy atom. The van der Waals surface area contributed by atoms with Crippen molar-refractivity contribution in [3.63, 3.8) is 0 Å². The van der Waals surface area contributed by atoms with Crippen LogP contribution in [0, 0.1) is 5.82 Å². The molecule has 1 atom stereocenters. The lowest BCUT2D eigenvalue weighted by Gasteiger charge is -2.20. The van der Waals surface area contributed by atoms with Crippen LogP contribution >= 0.6 is 11.6 Å². The molecule has 0 aliphatic carbocycles. The van der Waals surface area contributed by atoms with Crippen molar-refractivity contribution in [3.8, 4) is 0 Å². The maximum atomic E-state index is 13.2. The van der Waals surface area contributed by atoms with Gasteiger partial charge in [-0.1, -0.05) is 30.7 Å².